The molecular formula is C14H14N6O. The van der Waals surface area contributed by atoms with E-state index < -0.39 is 0 Å². The van der Waals surface area contributed by atoms with Gasteiger partial charge in [0, 0.05) is 0 Å². The van der Waals surface area contributed by atoms with Gasteiger partial charge in [0.25, 0.3) is 0 Å². The number of fused-ring (bicyclic) bond motifs is 1. The fraction of sp³-hybridized carbons (Fsp3) is 0.143. The summed E-state index contributed by atoms with van der Waals surface area (Å²) in [6, 6.07) is 11.3. The molecule has 0 saturated carbocycles. The molecule has 0 unspecified atom stereocenters. The van der Waals surface area contributed by atoms with Crippen molar-refractivity contribution in [1.29, 1.82) is 0 Å². The molecule has 3 rings (SSSR count). The lowest BCUT2D eigenvalue weighted by Gasteiger charge is -2.02. The molecule has 7 nitrogen and oxygen atoms in total. The van der Waals surface area contributed by atoms with E-state index >= 15 is 0 Å². The van der Waals surface area contributed by atoms with E-state index in [1.54, 1.807) is 16.8 Å². The SMILES string of the molecule is CCOc1ccc(/C=N/Nc2ccc3nncn3n2)cc1. The molecule has 21 heavy (non-hydrogen) atoms. The second kappa shape index (κ2) is 6.00. The number of rotatable bonds is 5. The Balaban J connectivity index is 1.65. The largest absolute Gasteiger partial charge is 0.494 e. The number of hydrazone groups is 1. The van der Waals surface area contributed by atoms with Gasteiger partial charge in [0.15, 0.2) is 11.5 Å². The van der Waals surface area contributed by atoms with Gasteiger partial charge in [-0.05, 0) is 48.9 Å². The molecule has 0 bridgehead atoms. The summed E-state index contributed by atoms with van der Waals surface area (Å²) in [4.78, 5) is 0. The number of nitrogens with one attached hydrogen (secondary N) is 1. The summed E-state index contributed by atoms with van der Waals surface area (Å²) >= 11 is 0. The molecule has 1 aromatic carbocycles. The molecule has 0 spiro atoms. The third-order valence-electron chi connectivity index (χ3n) is 2.75. The van der Waals surface area contributed by atoms with Crippen molar-refractivity contribution in [3.05, 3.63) is 48.3 Å². The van der Waals surface area contributed by atoms with Gasteiger partial charge >= 0.3 is 0 Å². The Bertz CT molecular complexity index is 750. The number of ether oxygens (including phenoxy) is 1. The summed E-state index contributed by atoms with van der Waals surface area (Å²) in [7, 11) is 0. The third kappa shape index (κ3) is 3.14. The molecule has 0 radical (unpaired) electrons. The van der Waals surface area contributed by atoms with Crippen molar-refractivity contribution in [1.82, 2.24) is 19.8 Å². The van der Waals surface area contributed by atoms with E-state index in [1.807, 2.05) is 37.3 Å². The van der Waals surface area contributed by atoms with E-state index in [0.29, 0.717) is 18.1 Å². The minimum atomic E-state index is 0.615. The first kappa shape index (κ1) is 13.0. The van der Waals surface area contributed by atoms with Crippen molar-refractivity contribution in [3.8, 4) is 5.75 Å². The summed E-state index contributed by atoms with van der Waals surface area (Å²) in [5.41, 5.74) is 4.53. The Morgan fingerprint density at radius 2 is 2.10 bits per heavy atom. The van der Waals surface area contributed by atoms with E-state index in [1.165, 1.54) is 6.33 Å². The topological polar surface area (TPSA) is 76.7 Å². The van der Waals surface area contributed by atoms with Crippen LogP contribution in [0.4, 0.5) is 5.82 Å². The summed E-state index contributed by atoms with van der Waals surface area (Å²) in [5.74, 6) is 1.46. The average molecular weight is 282 g/mol. The van der Waals surface area contributed by atoms with E-state index in [2.05, 4.69) is 25.8 Å². The van der Waals surface area contributed by atoms with Crippen LogP contribution in [0.5, 0.6) is 5.75 Å². The van der Waals surface area contributed by atoms with Crippen molar-refractivity contribution in [3.63, 3.8) is 0 Å². The average Bonchev–Trinajstić information content (AvgIpc) is 2.97. The van der Waals surface area contributed by atoms with Crippen LogP contribution >= 0.6 is 0 Å². The highest BCUT2D eigenvalue weighted by molar-refractivity contribution is 5.80. The molecule has 0 atom stereocenters. The first-order valence-corrected chi connectivity index (χ1v) is 6.54. The van der Waals surface area contributed by atoms with Crippen LogP contribution in [-0.2, 0) is 0 Å². The van der Waals surface area contributed by atoms with Crippen LogP contribution in [0.25, 0.3) is 5.65 Å². The minimum Gasteiger partial charge on any atom is -0.494 e. The van der Waals surface area contributed by atoms with E-state index in [9.17, 15) is 0 Å². The van der Waals surface area contributed by atoms with Crippen molar-refractivity contribution in [2.24, 2.45) is 5.10 Å². The summed E-state index contributed by atoms with van der Waals surface area (Å²) in [6.07, 6.45) is 3.25. The van der Waals surface area contributed by atoms with Gasteiger partial charge < -0.3 is 4.74 Å². The minimum absolute atomic E-state index is 0.615. The molecule has 106 valence electrons. The smallest absolute Gasteiger partial charge is 0.177 e. The van der Waals surface area contributed by atoms with Gasteiger partial charge in [-0.3, -0.25) is 5.43 Å². The normalized spacial score (nSPS) is 11.1. The van der Waals surface area contributed by atoms with Crippen LogP contribution < -0.4 is 10.2 Å². The Kier molecular flexibility index (Phi) is 3.72. The van der Waals surface area contributed by atoms with Gasteiger partial charge in [0.05, 0.1) is 12.8 Å². The highest BCUT2D eigenvalue weighted by atomic mass is 16.5. The second-order valence-corrected chi connectivity index (χ2v) is 4.22. The molecule has 1 N–H and O–H groups in total. The fourth-order valence-electron chi connectivity index (χ4n) is 1.78. The first-order valence-electron chi connectivity index (χ1n) is 6.54. The summed E-state index contributed by atoms with van der Waals surface area (Å²) < 4.78 is 6.96. The van der Waals surface area contributed by atoms with Crippen LogP contribution in [0.1, 0.15) is 12.5 Å². The Labute approximate surface area is 121 Å². The van der Waals surface area contributed by atoms with Gasteiger partial charge in [0.1, 0.15) is 12.1 Å². The Hall–Kier alpha value is -2.96. The molecule has 2 aromatic heterocycles. The number of benzene rings is 1. The van der Waals surface area contributed by atoms with Gasteiger partial charge in [-0.25, -0.2) is 0 Å². The van der Waals surface area contributed by atoms with Crippen molar-refractivity contribution >= 4 is 17.7 Å². The van der Waals surface area contributed by atoms with Crippen molar-refractivity contribution in [2.75, 3.05) is 12.0 Å². The Morgan fingerprint density at radius 1 is 1.24 bits per heavy atom. The lowest BCUT2D eigenvalue weighted by Crippen LogP contribution is -1.98. The Morgan fingerprint density at radius 3 is 2.90 bits per heavy atom. The summed E-state index contributed by atoms with van der Waals surface area (Å²) in [6.45, 7) is 2.62. The van der Waals surface area contributed by atoms with Crippen LogP contribution in [0.2, 0.25) is 0 Å². The van der Waals surface area contributed by atoms with E-state index in [0.717, 1.165) is 11.3 Å². The lowest BCUT2D eigenvalue weighted by atomic mass is 10.2. The molecule has 7 heteroatoms. The highest BCUT2D eigenvalue weighted by Crippen LogP contribution is 2.11. The maximum Gasteiger partial charge on any atom is 0.177 e. The fourth-order valence-corrected chi connectivity index (χ4v) is 1.78. The van der Waals surface area contributed by atoms with Gasteiger partial charge in [0.2, 0.25) is 0 Å². The molecule has 0 aliphatic carbocycles. The maximum absolute atomic E-state index is 5.38. The monoisotopic (exact) mass is 282 g/mol. The maximum atomic E-state index is 5.38. The van der Waals surface area contributed by atoms with E-state index in [-0.39, 0.29) is 0 Å². The van der Waals surface area contributed by atoms with E-state index in [4.69, 9.17) is 4.74 Å². The van der Waals surface area contributed by atoms with Gasteiger partial charge in [-0.1, -0.05) is 0 Å². The quantitative estimate of drug-likeness (QED) is 0.572. The molecule has 3 aromatic rings. The van der Waals surface area contributed by atoms with Crippen LogP contribution in [0.15, 0.2) is 47.8 Å². The van der Waals surface area contributed by atoms with Crippen molar-refractivity contribution in [2.45, 2.75) is 6.92 Å². The zero-order valence-electron chi connectivity index (χ0n) is 11.5. The molecular weight excluding hydrogens is 268 g/mol. The zero-order valence-corrected chi connectivity index (χ0v) is 11.5. The predicted molar refractivity (Wildman–Crippen MR) is 79.6 cm³/mol. The number of aromatic nitrogens is 4. The van der Waals surface area contributed by atoms with Gasteiger partial charge in [-0.2, -0.15) is 9.62 Å². The third-order valence-corrected chi connectivity index (χ3v) is 2.75. The molecule has 0 amide bonds. The molecule has 0 aliphatic heterocycles. The van der Waals surface area contributed by atoms with Gasteiger partial charge in [-0.15, -0.1) is 15.3 Å². The lowest BCUT2D eigenvalue weighted by molar-refractivity contribution is 0.340. The predicted octanol–water partition coefficient (Wildman–Crippen LogP) is 1.97. The number of hydrogen-bond donors (Lipinski definition) is 1. The molecule has 0 saturated heterocycles. The standard InChI is InChI=1S/C14H14N6O/c1-2-21-12-5-3-11(4-6-12)9-15-17-13-7-8-14-18-16-10-20(14)19-13/h3-10H,2H2,1H3,(H,17,19)/b15-9+. The van der Waals surface area contributed by atoms with Crippen LogP contribution in [-0.4, -0.2) is 32.6 Å². The first-order chi connectivity index (χ1) is 10.3. The molecule has 0 aliphatic rings. The number of nitrogens with zero attached hydrogens (tertiary/aromatic N) is 5. The molecule has 0 fully saturated rings. The second-order valence-electron chi connectivity index (χ2n) is 4.22. The van der Waals surface area contributed by atoms with Crippen LogP contribution in [0.3, 0.4) is 0 Å². The molecule has 2 heterocycles. The zero-order chi connectivity index (χ0) is 14.5. The number of hydrogen-bond acceptors (Lipinski definition) is 6. The number of anilines is 1. The highest BCUT2D eigenvalue weighted by Gasteiger charge is 1.97. The van der Waals surface area contributed by atoms with Crippen LogP contribution in [0, 0.1) is 0 Å². The summed E-state index contributed by atoms with van der Waals surface area (Å²) in [5, 5.41) is 16.0. The van der Waals surface area contributed by atoms with Crippen molar-refractivity contribution < 1.29 is 4.74 Å².